The molecule has 0 radical (unpaired) electrons. The Kier molecular flexibility index (Phi) is 8.55. The molecule has 0 bridgehead atoms. The van der Waals surface area contributed by atoms with E-state index in [4.69, 9.17) is 14.6 Å². The number of esters is 1. The Hall–Kier alpha value is -2.50. The van der Waals surface area contributed by atoms with Gasteiger partial charge in [-0.25, -0.2) is 4.79 Å². The van der Waals surface area contributed by atoms with E-state index in [1.165, 1.54) is 0 Å². The van der Waals surface area contributed by atoms with Gasteiger partial charge in [0, 0.05) is 25.1 Å². The maximum Gasteiger partial charge on any atom is 0.330 e. The number of H-pyrrole nitrogens is 1. The lowest BCUT2D eigenvalue weighted by Gasteiger charge is -2.22. The van der Waals surface area contributed by atoms with Crippen molar-refractivity contribution < 1.29 is 34.4 Å². The summed E-state index contributed by atoms with van der Waals surface area (Å²) in [5.74, 6) is -1.42. The fourth-order valence-corrected chi connectivity index (χ4v) is 3.13. The number of carboxylic acids is 1. The Morgan fingerprint density at radius 1 is 1.14 bits per heavy atom. The van der Waals surface area contributed by atoms with E-state index >= 15 is 0 Å². The van der Waals surface area contributed by atoms with E-state index in [1.807, 2.05) is 0 Å². The minimum Gasteiger partial charge on any atom is -0.481 e. The number of carbonyl (C=O) groups is 2. The molecule has 0 saturated carbocycles. The van der Waals surface area contributed by atoms with Gasteiger partial charge in [-0.1, -0.05) is 19.3 Å². The average molecular weight is 414 g/mol. The Bertz CT molecular complexity index is 803. The molecule has 1 fully saturated rings. The predicted octanol–water partition coefficient (Wildman–Crippen LogP) is -0.486. The van der Waals surface area contributed by atoms with Gasteiger partial charge in [-0.3, -0.25) is 23.9 Å². The van der Waals surface area contributed by atoms with Gasteiger partial charge in [0.05, 0.1) is 6.61 Å². The van der Waals surface area contributed by atoms with Gasteiger partial charge in [-0.05, 0) is 12.8 Å². The van der Waals surface area contributed by atoms with Gasteiger partial charge in [-0.2, -0.15) is 0 Å². The monoisotopic (exact) mass is 414 g/mol. The van der Waals surface area contributed by atoms with Gasteiger partial charge in [-0.15, -0.1) is 0 Å². The van der Waals surface area contributed by atoms with Crippen molar-refractivity contribution in [2.24, 2.45) is 0 Å². The first kappa shape index (κ1) is 22.8. The predicted molar refractivity (Wildman–Crippen MR) is 98.2 cm³/mol. The third-order valence-corrected chi connectivity index (χ3v) is 4.66. The van der Waals surface area contributed by atoms with Crippen molar-refractivity contribution in [2.75, 3.05) is 6.61 Å². The number of aromatic amines is 1. The first-order chi connectivity index (χ1) is 13.8. The molecule has 2 rings (SSSR count). The van der Waals surface area contributed by atoms with Crippen LogP contribution in [0.4, 0.5) is 0 Å². The van der Waals surface area contributed by atoms with Crippen molar-refractivity contribution >= 4 is 11.9 Å². The molecule has 11 nitrogen and oxygen atoms in total. The molecular weight excluding hydrogens is 388 g/mol. The highest BCUT2D eigenvalue weighted by Crippen LogP contribution is 2.31. The zero-order chi connectivity index (χ0) is 21.4. The van der Waals surface area contributed by atoms with Gasteiger partial charge in [0.1, 0.15) is 12.2 Å². The van der Waals surface area contributed by atoms with E-state index in [0.717, 1.165) is 36.1 Å². The summed E-state index contributed by atoms with van der Waals surface area (Å²) < 4.78 is 11.7. The third kappa shape index (κ3) is 6.51. The third-order valence-electron chi connectivity index (χ3n) is 4.66. The molecule has 29 heavy (non-hydrogen) atoms. The van der Waals surface area contributed by atoms with Crippen molar-refractivity contribution in [3.05, 3.63) is 33.1 Å². The summed E-state index contributed by atoms with van der Waals surface area (Å²) in [6.45, 7) is -0.542. The van der Waals surface area contributed by atoms with Crippen LogP contribution in [0.1, 0.15) is 51.2 Å². The van der Waals surface area contributed by atoms with Crippen LogP contribution in [0.25, 0.3) is 0 Å². The Morgan fingerprint density at radius 3 is 2.41 bits per heavy atom. The van der Waals surface area contributed by atoms with E-state index < -0.39 is 54.3 Å². The highest BCUT2D eigenvalue weighted by Gasteiger charge is 2.47. The lowest BCUT2D eigenvalue weighted by atomic mass is 10.1. The highest BCUT2D eigenvalue weighted by atomic mass is 16.6. The molecule has 0 unspecified atom stereocenters. The first-order valence-corrected chi connectivity index (χ1v) is 9.50. The highest BCUT2D eigenvalue weighted by molar-refractivity contribution is 5.69. The number of nitrogens with zero attached hydrogens (tertiary/aromatic N) is 1. The topological polar surface area (TPSA) is 168 Å². The number of rotatable bonds is 11. The van der Waals surface area contributed by atoms with Crippen molar-refractivity contribution in [1.82, 2.24) is 9.55 Å². The molecule has 1 aliphatic heterocycles. The standard InChI is InChI=1S/C18H26N2O9/c21-10-11-15(26)16(17(28-11)20-9-8-12(22)19-18(20)27)29-14(25)7-5-3-1-2-4-6-13(23)24/h8-9,11,15-17,21,26H,1-7,10H2,(H,23,24)(H,19,22,27)/t11-,15-,16-,17-/m1/s1. The van der Waals surface area contributed by atoms with Crippen molar-refractivity contribution in [3.63, 3.8) is 0 Å². The van der Waals surface area contributed by atoms with Crippen LogP contribution in [0, 0.1) is 0 Å². The number of aromatic nitrogens is 2. The van der Waals surface area contributed by atoms with Crippen LogP contribution in [0.3, 0.4) is 0 Å². The second-order valence-electron chi connectivity index (χ2n) is 6.87. The van der Waals surface area contributed by atoms with E-state index in [1.54, 1.807) is 0 Å². The Balaban J connectivity index is 1.90. The number of aliphatic hydroxyl groups excluding tert-OH is 2. The summed E-state index contributed by atoms with van der Waals surface area (Å²) in [4.78, 5) is 47.9. The number of unbranched alkanes of at least 4 members (excludes halogenated alkanes) is 4. The van der Waals surface area contributed by atoms with Crippen LogP contribution in [0.5, 0.6) is 0 Å². The fourth-order valence-electron chi connectivity index (χ4n) is 3.13. The van der Waals surface area contributed by atoms with Crippen molar-refractivity contribution in [1.29, 1.82) is 0 Å². The summed E-state index contributed by atoms with van der Waals surface area (Å²) in [5, 5.41) is 28.2. The molecular formula is C18H26N2O9. The van der Waals surface area contributed by atoms with E-state index in [0.29, 0.717) is 12.8 Å². The second-order valence-corrected chi connectivity index (χ2v) is 6.87. The van der Waals surface area contributed by atoms with Gasteiger partial charge in [0.15, 0.2) is 12.3 Å². The summed E-state index contributed by atoms with van der Waals surface area (Å²) in [6.07, 6.45) is -0.0511. The van der Waals surface area contributed by atoms with Gasteiger partial charge in [0.2, 0.25) is 0 Å². The molecule has 4 N–H and O–H groups in total. The van der Waals surface area contributed by atoms with Gasteiger partial charge in [0.25, 0.3) is 5.56 Å². The first-order valence-electron chi connectivity index (χ1n) is 9.50. The van der Waals surface area contributed by atoms with E-state index in [2.05, 4.69) is 4.98 Å². The Morgan fingerprint density at radius 2 is 1.79 bits per heavy atom. The molecule has 0 spiro atoms. The second kappa shape index (κ2) is 10.9. The SMILES string of the molecule is O=C(O)CCCCCCCC(=O)O[C@@H]1[C@H](O)[C@@H](CO)O[C@H]1n1ccc(=O)[nH]c1=O. The zero-order valence-corrected chi connectivity index (χ0v) is 15.9. The van der Waals surface area contributed by atoms with E-state index in [9.17, 15) is 29.4 Å². The minimum atomic E-state index is -1.34. The molecule has 0 amide bonds. The van der Waals surface area contributed by atoms with Gasteiger partial charge >= 0.3 is 17.6 Å². The van der Waals surface area contributed by atoms with Gasteiger partial charge < -0.3 is 24.8 Å². The van der Waals surface area contributed by atoms with Crippen molar-refractivity contribution in [2.45, 2.75) is 69.5 Å². The molecule has 0 aliphatic carbocycles. The summed E-state index contributed by atoms with van der Waals surface area (Å²) >= 11 is 0. The van der Waals surface area contributed by atoms with Crippen LogP contribution in [0.2, 0.25) is 0 Å². The van der Waals surface area contributed by atoms with E-state index in [-0.39, 0.29) is 12.8 Å². The molecule has 0 aromatic carbocycles. The van der Waals surface area contributed by atoms with Crippen LogP contribution in [-0.2, 0) is 19.1 Å². The smallest absolute Gasteiger partial charge is 0.330 e. The minimum absolute atomic E-state index is 0.0825. The van der Waals surface area contributed by atoms with Crippen LogP contribution in [-0.4, -0.2) is 61.7 Å². The normalized spacial score (nSPS) is 23.8. The van der Waals surface area contributed by atoms with Crippen LogP contribution in [0.15, 0.2) is 21.9 Å². The van der Waals surface area contributed by atoms with Crippen LogP contribution < -0.4 is 11.2 Å². The molecule has 1 aromatic rings. The molecule has 2 heterocycles. The molecule has 11 heteroatoms. The summed E-state index contributed by atoms with van der Waals surface area (Å²) in [7, 11) is 0. The molecule has 1 aliphatic rings. The van der Waals surface area contributed by atoms with Crippen LogP contribution >= 0.6 is 0 Å². The molecule has 4 atom stereocenters. The quantitative estimate of drug-likeness (QED) is 0.276. The zero-order valence-electron chi connectivity index (χ0n) is 15.9. The number of carboxylic acid groups (broad SMARTS) is 1. The largest absolute Gasteiger partial charge is 0.481 e. The molecule has 1 aromatic heterocycles. The number of hydrogen-bond acceptors (Lipinski definition) is 8. The Labute approximate surface area is 165 Å². The molecule has 162 valence electrons. The molecule has 1 saturated heterocycles. The summed E-state index contributed by atoms with van der Waals surface area (Å²) in [5.41, 5.74) is -1.41. The number of ether oxygens (including phenoxy) is 2. The lowest BCUT2D eigenvalue weighted by molar-refractivity contribution is -0.159. The number of aliphatic carboxylic acids is 1. The number of hydrogen-bond donors (Lipinski definition) is 4. The number of aliphatic hydroxyl groups is 2. The number of nitrogens with one attached hydrogen (secondary N) is 1. The van der Waals surface area contributed by atoms with Crippen molar-refractivity contribution in [3.8, 4) is 0 Å². The lowest BCUT2D eigenvalue weighted by Crippen LogP contribution is -2.40. The summed E-state index contributed by atoms with van der Waals surface area (Å²) in [6, 6.07) is 1.09. The maximum absolute atomic E-state index is 12.2. The average Bonchev–Trinajstić information content (AvgIpc) is 2.96. The number of carbonyl (C=O) groups excluding carboxylic acids is 1. The maximum atomic E-state index is 12.2. The fraction of sp³-hybridized carbons (Fsp3) is 0.667.